The van der Waals surface area contributed by atoms with Gasteiger partial charge in [0.1, 0.15) is 35.7 Å². The Morgan fingerprint density at radius 2 is 0.943 bits per heavy atom. The van der Waals surface area contributed by atoms with E-state index in [1.165, 1.54) is 12.7 Å². The molecule has 0 saturated carbocycles. The molecule has 8 nitrogen and oxygen atoms in total. The van der Waals surface area contributed by atoms with Gasteiger partial charge in [0.05, 0.1) is 22.4 Å². The van der Waals surface area contributed by atoms with Crippen molar-refractivity contribution in [1.82, 2.24) is 29.5 Å². The van der Waals surface area contributed by atoms with Crippen LogP contribution in [0.5, 0.6) is 23.0 Å². The normalized spacial score (nSPS) is 12.0. The van der Waals surface area contributed by atoms with E-state index in [4.69, 9.17) is 9.47 Å². The Morgan fingerprint density at radius 1 is 0.472 bits per heavy atom. The maximum atomic E-state index is 6.70. The molecule has 8 rings (SSSR count). The summed E-state index contributed by atoms with van der Waals surface area (Å²) in [6, 6.07) is 36.4. The van der Waals surface area contributed by atoms with E-state index in [0.717, 1.165) is 55.4 Å². The van der Waals surface area contributed by atoms with E-state index in [1.54, 1.807) is 12.4 Å². The average molecular weight is 697 g/mol. The number of nitrogens with zero attached hydrogens (tertiary/aromatic N) is 6. The molecule has 8 aromatic rings. The summed E-state index contributed by atoms with van der Waals surface area (Å²) >= 11 is 0. The van der Waals surface area contributed by atoms with Gasteiger partial charge in [-0.25, -0.2) is 15.0 Å². The molecule has 0 spiro atoms. The van der Waals surface area contributed by atoms with Gasteiger partial charge in [-0.3, -0.25) is 14.5 Å². The van der Waals surface area contributed by atoms with E-state index in [-0.39, 0.29) is 10.8 Å². The molecule has 0 aliphatic rings. The predicted molar refractivity (Wildman–Crippen MR) is 211 cm³/mol. The zero-order valence-corrected chi connectivity index (χ0v) is 30.7. The van der Waals surface area contributed by atoms with Gasteiger partial charge in [0.15, 0.2) is 0 Å². The zero-order valence-electron chi connectivity index (χ0n) is 30.7. The van der Waals surface area contributed by atoms with Gasteiger partial charge in [0.25, 0.3) is 0 Å². The van der Waals surface area contributed by atoms with Crippen LogP contribution >= 0.6 is 0 Å². The predicted octanol–water partition coefficient (Wildman–Crippen LogP) is 11.3. The minimum absolute atomic E-state index is 0.248. The van der Waals surface area contributed by atoms with E-state index in [2.05, 4.69) is 95.3 Å². The van der Waals surface area contributed by atoms with Crippen molar-refractivity contribution in [3.8, 4) is 51.5 Å². The molecule has 262 valence electrons. The van der Waals surface area contributed by atoms with Crippen LogP contribution in [0.4, 0.5) is 0 Å². The quantitative estimate of drug-likeness (QED) is 0.164. The molecular formula is C45H40N6O2. The number of rotatable bonds is 7. The van der Waals surface area contributed by atoms with Crippen molar-refractivity contribution in [2.75, 3.05) is 0 Å². The summed E-state index contributed by atoms with van der Waals surface area (Å²) in [5, 5.41) is 2.24. The molecule has 53 heavy (non-hydrogen) atoms. The Morgan fingerprint density at radius 3 is 1.36 bits per heavy atom. The Hall–Kier alpha value is -6.41. The fourth-order valence-corrected chi connectivity index (χ4v) is 6.85. The molecule has 0 N–H and O–H groups in total. The second kappa shape index (κ2) is 13.3. The highest BCUT2D eigenvalue weighted by Gasteiger charge is 2.29. The highest BCUT2D eigenvalue weighted by molar-refractivity contribution is 6.13. The van der Waals surface area contributed by atoms with Gasteiger partial charge in [-0.05, 0) is 82.6 Å². The van der Waals surface area contributed by atoms with Crippen LogP contribution in [0.2, 0.25) is 0 Å². The molecule has 0 unspecified atom stereocenters. The largest absolute Gasteiger partial charge is 0.457 e. The molecule has 0 saturated heterocycles. The van der Waals surface area contributed by atoms with Crippen LogP contribution in [0.25, 0.3) is 50.3 Å². The third-order valence-corrected chi connectivity index (χ3v) is 9.27. The van der Waals surface area contributed by atoms with Gasteiger partial charge in [0.2, 0.25) is 5.95 Å². The fraction of sp³-hybridized carbons (Fsp3) is 0.178. The second-order valence-corrected chi connectivity index (χ2v) is 15.2. The average Bonchev–Trinajstić information content (AvgIpc) is 3.48. The van der Waals surface area contributed by atoms with E-state index >= 15 is 0 Å². The lowest BCUT2D eigenvalue weighted by Gasteiger charge is -2.25. The number of hydrogen-bond acceptors (Lipinski definition) is 7. The van der Waals surface area contributed by atoms with Crippen molar-refractivity contribution in [2.45, 2.75) is 52.4 Å². The lowest BCUT2D eigenvalue weighted by atomic mass is 9.80. The van der Waals surface area contributed by atoms with Crippen LogP contribution in [0.1, 0.15) is 52.7 Å². The molecule has 0 atom stereocenters. The molecule has 0 bridgehead atoms. The number of fused-ring (bicyclic) bond motifs is 3. The van der Waals surface area contributed by atoms with Crippen LogP contribution in [-0.2, 0) is 10.8 Å². The summed E-state index contributed by atoms with van der Waals surface area (Å²) < 4.78 is 15.5. The van der Waals surface area contributed by atoms with Crippen molar-refractivity contribution >= 4 is 21.8 Å². The van der Waals surface area contributed by atoms with E-state index in [1.807, 2.05) is 84.9 Å². The van der Waals surface area contributed by atoms with E-state index < -0.39 is 0 Å². The zero-order chi connectivity index (χ0) is 36.7. The number of aromatic nitrogens is 6. The summed E-state index contributed by atoms with van der Waals surface area (Å²) in [5.41, 5.74) is 7.37. The number of pyridine rings is 2. The SMILES string of the molecule is CC(C)(C)c1cc(Oc2cccc(-c3ccccn3)c2)cc2c1c1c(C(C)(C)C)cc(Oc3cccc(-c4ccccn4)c3)cc1n2-c1ncncn1. The van der Waals surface area contributed by atoms with Crippen molar-refractivity contribution in [2.24, 2.45) is 0 Å². The summed E-state index contributed by atoms with van der Waals surface area (Å²) in [6.45, 7) is 13.4. The lowest BCUT2D eigenvalue weighted by Crippen LogP contribution is -2.14. The minimum Gasteiger partial charge on any atom is -0.457 e. The van der Waals surface area contributed by atoms with Crippen LogP contribution in [0.3, 0.4) is 0 Å². The highest BCUT2D eigenvalue weighted by atomic mass is 16.5. The molecule has 0 fully saturated rings. The first kappa shape index (κ1) is 33.7. The Balaban J connectivity index is 1.35. The molecule has 8 heteroatoms. The molecule has 4 aromatic heterocycles. The third kappa shape index (κ3) is 6.71. The fourth-order valence-electron chi connectivity index (χ4n) is 6.85. The first-order valence-corrected chi connectivity index (χ1v) is 17.7. The maximum absolute atomic E-state index is 6.70. The van der Waals surface area contributed by atoms with Crippen molar-refractivity contribution in [1.29, 1.82) is 0 Å². The van der Waals surface area contributed by atoms with Crippen LogP contribution in [-0.4, -0.2) is 29.5 Å². The van der Waals surface area contributed by atoms with Crippen molar-refractivity contribution < 1.29 is 9.47 Å². The van der Waals surface area contributed by atoms with Gasteiger partial charge in [-0.1, -0.05) is 77.9 Å². The molecule has 0 aliphatic carbocycles. The summed E-state index contributed by atoms with van der Waals surface area (Å²) in [4.78, 5) is 22.6. The number of hydrogen-bond donors (Lipinski definition) is 0. The van der Waals surface area contributed by atoms with Crippen molar-refractivity contribution in [3.05, 3.63) is 145 Å². The summed E-state index contributed by atoms with van der Waals surface area (Å²) in [6.07, 6.45) is 6.66. The van der Waals surface area contributed by atoms with E-state index in [0.29, 0.717) is 28.9 Å². The molecule has 0 amide bonds. The third-order valence-electron chi connectivity index (χ3n) is 9.27. The van der Waals surface area contributed by atoms with Gasteiger partial charge >= 0.3 is 0 Å². The molecule has 4 aromatic carbocycles. The molecule has 0 radical (unpaired) electrons. The topological polar surface area (TPSA) is 87.8 Å². The molecular weight excluding hydrogens is 657 g/mol. The Kier molecular flexibility index (Phi) is 8.45. The van der Waals surface area contributed by atoms with Crippen LogP contribution in [0, 0.1) is 0 Å². The van der Waals surface area contributed by atoms with E-state index in [9.17, 15) is 0 Å². The lowest BCUT2D eigenvalue weighted by molar-refractivity contribution is 0.479. The maximum Gasteiger partial charge on any atom is 0.237 e. The monoisotopic (exact) mass is 696 g/mol. The molecule has 4 heterocycles. The van der Waals surface area contributed by atoms with Crippen LogP contribution in [0.15, 0.2) is 134 Å². The second-order valence-electron chi connectivity index (χ2n) is 15.2. The van der Waals surface area contributed by atoms with Gasteiger partial charge in [-0.15, -0.1) is 0 Å². The van der Waals surface area contributed by atoms with Gasteiger partial charge < -0.3 is 9.47 Å². The van der Waals surface area contributed by atoms with Crippen molar-refractivity contribution in [3.63, 3.8) is 0 Å². The summed E-state index contributed by atoms with van der Waals surface area (Å²) in [7, 11) is 0. The molecule has 0 aliphatic heterocycles. The number of ether oxygens (including phenoxy) is 2. The standard InChI is InChI=1S/C45H40N6O2/c1-44(2,3)35-23-33(52-31-15-11-13-29(21-31)37-17-7-9-19-47-37)25-39-41(35)42-36(45(4,5)6)24-34(26-40(42)51(39)43-49-27-46-28-50-43)53-32-16-12-14-30(22-32)38-18-8-10-20-48-38/h7-28H,1-6H3. The van der Waals surface area contributed by atoms with Crippen LogP contribution < -0.4 is 9.47 Å². The first-order chi connectivity index (χ1) is 25.5. The number of benzene rings is 4. The first-order valence-electron chi connectivity index (χ1n) is 17.7. The minimum atomic E-state index is -0.248. The van der Waals surface area contributed by atoms with Gasteiger partial charge in [-0.2, -0.15) is 0 Å². The smallest absolute Gasteiger partial charge is 0.237 e. The van der Waals surface area contributed by atoms with Gasteiger partial charge in [0, 0.05) is 46.4 Å². The Labute approximate surface area is 309 Å². The highest BCUT2D eigenvalue weighted by Crippen LogP contribution is 2.47. The summed E-state index contributed by atoms with van der Waals surface area (Å²) in [5.74, 6) is 3.35. The Bertz CT molecular complexity index is 2410.